The highest BCUT2D eigenvalue weighted by atomic mass is 35.5. The van der Waals surface area contributed by atoms with Crippen LogP contribution in [-0.4, -0.2) is 45.0 Å². The number of hydrogen-bond donors (Lipinski definition) is 0. The summed E-state index contributed by atoms with van der Waals surface area (Å²) in [5, 5.41) is 12.4. The Bertz CT molecular complexity index is 1830. The predicted molar refractivity (Wildman–Crippen MR) is 174 cm³/mol. The van der Waals surface area contributed by atoms with Crippen LogP contribution in [0.5, 0.6) is 0 Å². The van der Waals surface area contributed by atoms with Crippen molar-refractivity contribution in [3.8, 4) is 22.5 Å². The van der Waals surface area contributed by atoms with E-state index in [4.69, 9.17) is 31.1 Å². The highest BCUT2D eigenvalue weighted by molar-refractivity contribution is 6.80. The minimum atomic E-state index is -1.39. The summed E-state index contributed by atoms with van der Waals surface area (Å²) in [7, 11) is 0.499. The van der Waals surface area contributed by atoms with Crippen molar-refractivity contribution in [2.75, 3.05) is 6.61 Å². The molecule has 9 heteroatoms. The number of fused-ring (bicyclic) bond motifs is 1. The lowest BCUT2D eigenvalue weighted by Gasteiger charge is -2.21. The van der Waals surface area contributed by atoms with Crippen LogP contribution in [0, 0.1) is 0 Å². The minimum absolute atomic E-state index is 0.113. The fourth-order valence-electron chi connectivity index (χ4n) is 4.99. The summed E-state index contributed by atoms with van der Waals surface area (Å²) < 4.78 is 10.2. The van der Waals surface area contributed by atoms with E-state index in [1.165, 1.54) is 15.9 Å². The lowest BCUT2D eigenvalue weighted by atomic mass is 9.87. The van der Waals surface area contributed by atoms with Crippen molar-refractivity contribution < 1.29 is 4.43 Å². The van der Waals surface area contributed by atoms with E-state index in [1.807, 2.05) is 54.3 Å². The molecule has 0 unspecified atom stereocenters. The zero-order valence-corrected chi connectivity index (χ0v) is 26.6. The molecule has 0 bridgehead atoms. The summed E-state index contributed by atoms with van der Waals surface area (Å²) in [6.07, 6.45) is 7.16. The van der Waals surface area contributed by atoms with Gasteiger partial charge in [0.25, 0.3) is 9.04 Å². The molecule has 0 saturated carbocycles. The first kappa shape index (κ1) is 29.0. The Balaban J connectivity index is 1.22. The third kappa shape index (κ3) is 6.61. The molecular weight excluding hydrogens is 572 g/mol. The maximum Gasteiger partial charge on any atom is 0.282 e. The normalized spacial score (nSPS) is 12.0. The molecule has 0 N–H and O–H groups in total. The molecule has 0 aliphatic carbocycles. The first-order chi connectivity index (χ1) is 20.7. The van der Waals surface area contributed by atoms with Gasteiger partial charge in [0.2, 0.25) is 0 Å². The quantitative estimate of drug-likeness (QED) is 0.152. The molecule has 0 aliphatic heterocycles. The highest BCUT2D eigenvalue weighted by Gasteiger charge is 2.21. The van der Waals surface area contributed by atoms with E-state index in [2.05, 4.69) is 74.4 Å². The van der Waals surface area contributed by atoms with Gasteiger partial charge in [0.05, 0.1) is 18.1 Å². The number of nitrogens with zero attached hydrogens (tertiary/aromatic N) is 6. The van der Waals surface area contributed by atoms with Crippen molar-refractivity contribution in [3.63, 3.8) is 0 Å². The first-order valence-corrected chi connectivity index (χ1v) is 16.2. The van der Waals surface area contributed by atoms with E-state index in [9.17, 15) is 0 Å². The van der Waals surface area contributed by atoms with E-state index in [0.717, 1.165) is 34.8 Å². The van der Waals surface area contributed by atoms with Gasteiger partial charge in [-0.25, -0.2) is 14.5 Å². The fraction of sp³-hybridized carbons (Fsp3) is 0.235. The summed E-state index contributed by atoms with van der Waals surface area (Å²) in [6.45, 7) is 7.33. The number of benzene rings is 3. The second-order valence-corrected chi connectivity index (χ2v) is 14.2. The van der Waals surface area contributed by atoms with Gasteiger partial charge in [-0.2, -0.15) is 10.2 Å². The van der Waals surface area contributed by atoms with Crippen molar-refractivity contribution in [1.82, 2.24) is 29.4 Å². The van der Waals surface area contributed by atoms with Crippen LogP contribution in [0.25, 0.3) is 28.2 Å². The molecule has 217 valence electrons. The Kier molecular flexibility index (Phi) is 8.25. The molecule has 6 rings (SSSR count). The maximum absolute atomic E-state index is 6.62. The van der Waals surface area contributed by atoms with E-state index < -0.39 is 9.04 Å². The summed E-state index contributed by atoms with van der Waals surface area (Å²) in [6, 6.07) is 27.1. The molecule has 0 fully saturated rings. The van der Waals surface area contributed by atoms with Crippen LogP contribution in [0.2, 0.25) is 5.02 Å². The van der Waals surface area contributed by atoms with Crippen LogP contribution in [0.3, 0.4) is 0 Å². The van der Waals surface area contributed by atoms with Crippen molar-refractivity contribution in [3.05, 3.63) is 114 Å². The zero-order chi connectivity index (χ0) is 30.0. The molecule has 0 amide bonds. The van der Waals surface area contributed by atoms with Crippen molar-refractivity contribution >= 4 is 36.7 Å². The number of aromatic nitrogens is 6. The van der Waals surface area contributed by atoms with Gasteiger partial charge >= 0.3 is 0 Å². The number of hydrogen-bond acceptors (Lipinski definition) is 5. The van der Waals surface area contributed by atoms with Crippen LogP contribution in [0.4, 0.5) is 0 Å². The number of rotatable bonds is 9. The Morgan fingerprint density at radius 1 is 0.837 bits per heavy atom. The van der Waals surface area contributed by atoms with Crippen LogP contribution in [-0.2, 0) is 23.3 Å². The Labute approximate surface area is 258 Å². The van der Waals surface area contributed by atoms with Gasteiger partial charge in [-0.05, 0) is 39.9 Å². The molecule has 1 radical (unpaired) electrons. The van der Waals surface area contributed by atoms with Gasteiger partial charge in [0, 0.05) is 42.4 Å². The molecule has 0 atom stereocenters. The minimum Gasteiger partial charge on any atom is -0.407 e. The molecule has 43 heavy (non-hydrogen) atoms. The first-order valence-electron chi connectivity index (χ1n) is 14.4. The number of halogens is 1. The van der Waals surface area contributed by atoms with Crippen molar-refractivity contribution in [2.45, 2.75) is 39.0 Å². The smallest absolute Gasteiger partial charge is 0.282 e. The molecule has 6 aromatic rings. The standard InChI is InChI=1S/C34H34ClN6OSi/c1-34(2,3)26-14-18-29(19-15-26)43(28-9-6-5-7-10-28)42-20-8-11-31-38-33-32(25-21-36-40(4)22-25)37-30(23-41(33)39-31)24-12-16-27(35)17-13-24/h5-7,9-10,12-19,21-23H,8,11,20H2,1-4H3. The van der Waals surface area contributed by atoms with Crippen molar-refractivity contribution in [1.29, 1.82) is 0 Å². The molecule has 0 aliphatic rings. The van der Waals surface area contributed by atoms with E-state index in [0.29, 0.717) is 23.7 Å². The Hall–Kier alpha value is -4.11. The van der Waals surface area contributed by atoms with Crippen LogP contribution in [0.1, 0.15) is 38.6 Å². The second kappa shape index (κ2) is 12.2. The summed E-state index contributed by atoms with van der Waals surface area (Å²) in [5.41, 5.74) is 5.50. The maximum atomic E-state index is 6.62. The lowest BCUT2D eigenvalue weighted by molar-refractivity contribution is 0.324. The van der Waals surface area contributed by atoms with Gasteiger partial charge in [-0.1, -0.05) is 99.1 Å². The molecule has 0 spiro atoms. The zero-order valence-electron chi connectivity index (χ0n) is 24.8. The molecule has 3 heterocycles. The molecule has 3 aromatic carbocycles. The van der Waals surface area contributed by atoms with Crippen LogP contribution < -0.4 is 10.4 Å². The van der Waals surface area contributed by atoms with Gasteiger partial charge in [-0.3, -0.25) is 4.68 Å². The SMILES string of the molecule is Cn1cc(-c2nc(-c3ccc(Cl)cc3)cn3nc(CCCO[Si](c4ccccc4)c4ccc(C(C)(C)C)cc4)nc23)cn1. The van der Waals surface area contributed by atoms with Crippen molar-refractivity contribution in [2.24, 2.45) is 7.05 Å². The molecule has 0 saturated heterocycles. The van der Waals surface area contributed by atoms with Crippen LogP contribution in [0.15, 0.2) is 97.5 Å². The lowest BCUT2D eigenvalue weighted by Crippen LogP contribution is -2.45. The van der Waals surface area contributed by atoms with Gasteiger partial charge in [0.1, 0.15) is 5.69 Å². The summed E-state index contributed by atoms with van der Waals surface area (Å²) in [4.78, 5) is 9.86. The summed E-state index contributed by atoms with van der Waals surface area (Å²) in [5.74, 6) is 0.756. The van der Waals surface area contributed by atoms with Gasteiger partial charge in [0.15, 0.2) is 11.5 Å². The number of aryl methyl sites for hydroxylation is 2. The second-order valence-electron chi connectivity index (χ2n) is 11.7. The van der Waals surface area contributed by atoms with Crippen LogP contribution >= 0.6 is 11.6 Å². The predicted octanol–water partition coefficient (Wildman–Crippen LogP) is 5.90. The molecule has 3 aromatic heterocycles. The molecular formula is C34H34ClN6OSi. The van der Waals surface area contributed by atoms with Gasteiger partial charge in [-0.15, -0.1) is 0 Å². The fourth-order valence-corrected chi connectivity index (χ4v) is 7.09. The van der Waals surface area contributed by atoms with E-state index in [1.54, 1.807) is 10.9 Å². The summed E-state index contributed by atoms with van der Waals surface area (Å²) >= 11 is 6.13. The Morgan fingerprint density at radius 2 is 1.56 bits per heavy atom. The molecule has 7 nitrogen and oxygen atoms in total. The largest absolute Gasteiger partial charge is 0.407 e. The average molecular weight is 606 g/mol. The topological polar surface area (TPSA) is 70.1 Å². The van der Waals surface area contributed by atoms with E-state index >= 15 is 0 Å². The third-order valence-electron chi connectivity index (χ3n) is 7.32. The van der Waals surface area contributed by atoms with Gasteiger partial charge < -0.3 is 4.43 Å². The highest BCUT2D eigenvalue weighted by Crippen LogP contribution is 2.27. The monoisotopic (exact) mass is 605 g/mol. The average Bonchev–Trinajstić information content (AvgIpc) is 3.63. The Morgan fingerprint density at radius 3 is 2.23 bits per heavy atom. The third-order valence-corrected chi connectivity index (χ3v) is 9.78. The van der Waals surface area contributed by atoms with E-state index in [-0.39, 0.29) is 5.41 Å².